The van der Waals surface area contributed by atoms with Gasteiger partial charge in [0.15, 0.2) is 11.6 Å². The van der Waals surface area contributed by atoms with Crippen LogP contribution in [0.5, 0.6) is 0 Å². The number of hydrogen-bond acceptors (Lipinski definition) is 6. The SMILES string of the molecule is CCC/C=C/N1/C(=C(\C)c2nc(C)co2)Cn2c(COCC(F)(F)F)nnc2-c2cc(Cl)ccc21. The average Bonchev–Trinajstić information content (AvgIpc) is 3.37. The molecular weight excluding hydrogens is 483 g/mol. The van der Waals surface area contributed by atoms with Crippen molar-refractivity contribution in [3.05, 3.63) is 64.9 Å². The molecule has 0 fully saturated rings. The van der Waals surface area contributed by atoms with Crippen molar-refractivity contribution in [1.29, 1.82) is 0 Å². The fourth-order valence-electron chi connectivity index (χ4n) is 3.80. The maximum Gasteiger partial charge on any atom is 0.411 e. The van der Waals surface area contributed by atoms with E-state index in [2.05, 4.69) is 28.2 Å². The highest BCUT2D eigenvalue weighted by Gasteiger charge is 2.30. The summed E-state index contributed by atoms with van der Waals surface area (Å²) in [5.41, 5.74) is 3.80. The van der Waals surface area contributed by atoms with Crippen molar-refractivity contribution < 1.29 is 22.3 Å². The number of aromatic nitrogens is 4. The van der Waals surface area contributed by atoms with Crippen molar-refractivity contribution in [2.24, 2.45) is 0 Å². The maximum absolute atomic E-state index is 12.7. The van der Waals surface area contributed by atoms with E-state index in [0.29, 0.717) is 22.3 Å². The third-order valence-electron chi connectivity index (χ3n) is 5.46. The molecule has 3 heterocycles. The molecule has 0 amide bonds. The number of unbranched alkanes of at least 4 members (excludes halogenated alkanes) is 1. The minimum absolute atomic E-state index is 0.253. The van der Waals surface area contributed by atoms with Crippen molar-refractivity contribution in [2.75, 3.05) is 11.5 Å². The minimum atomic E-state index is -4.44. The number of allylic oxidation sites excluding steroid dienone is 3. The molecule has 1 aromatic carbocycles. The monoisotopic (exact) mass is 507 g/mol. The van der Waals surface area contributed by atoms with Gasteiger partial charge in [-0.25, -0.2) is 4.98 Å². The molecule has 3 aromatic rings. The smallest absolute Gasteiger partial charge is 0.411 e. The molecule has 0 aliphatic carbocycles. The number of aryl methyl sites for hydroxylation is 1. The molecule has 1 aliphatic heterocycles. The van der Waals surface area contributed by atoms with Crippen LogP contribution in [0.15, 0.2) is 46.9 Å². The summed E-state index contributed by atoms with van der Waals surface area (Å²) in [5, 5.41) is 8.93. The molecule has 1 aliphatic rings. The Hall–Kier alpha value is -3.11. The Kier molecular flexibility index (Phi) is 7.32. The van der Waals surface area contributed by atoms with Gasteiger partial charge < -0.3 is 18.6 Å². The number of hydrogen-bond donors (Lipinski definition) is 0. The number of alkyl halides is 3. The van der Waals surface area contributed by atoms with Gasteiger partial charge in [0.1, 0.15) is 19.5 Å². The third kappa shape index (κ3) is 5.59. The first-order valence-electron chi connectivity index (χ1n) is 11.1. The molecule has 0 atom stereocenters. The van der Waals surface area contributed by atoms with E-state index in [1.165, 1.54) is 0 Å². The Bertz CT molecular complexity index is 1260. The van der Waals surface area contributed by atoms with Crippen LogP contribution in [0.2, 0.25) is 5.02 Å². The molecule has 0 unspecified atom stereocenters. The molecule has 7 nitrogen and oxygen atoms in total. The lowest BCUT2D eigenvalue weighted by Gasteiger charge is -2.25. The van der Waals surface area contributed by atoms with Gasteiger partial charge in [-0.2, -0.15) is 13.2 Å². The molecule has 186 valence electrons. The predicted molar refractivity (Wildman–Crippen MR) is 127 cm³/mol. The first-order valence-corrected chi connectivity index (χ1v) is 11.5. The number of anilines is 1. The summed E-state index contributed by atoms with van der Waals surface area (Å²) in [5.74, 6) is 1.20. The van der Waals surface area contributed by atoms with Gasteiger partial charge in [0, 0.05) is 22.4 Å². The Morgan fingerprint density at radius 2 is 2.09 bits per heavy atom. The second-order valence-electron chi connectivity index (χ2n) is 8.20. The average molecular weight is 508 g/mol. The quantitative estimate of drug-likeness (QED) is 0.362. The molecule has 0 radical (unpaired) electrons. The van der Waals surface area contributed by atoms with E-state index in [1.54, 1.807) is 23.0 Å². The highest BCUT2D eigenvalue weighted by Crippen LogP contribution is 2.40. The lowest BCUT2D eigenvalue weighted by atomic mass is 10.1. The largest absolute Gasteiger partial charge is 0.444 e. The van der Waals surface area contributed by atoms with Crippen molar-refractivity contribution in [2.45, 2.75) is 52.9 Å². The zero-order valence-corrected chi connectivity index (χ0v) is 20.3. The summed E-state index contributed by atoms with van der Waals surface area (Å²) < 4.78 is 50.3. The summed E-state index contributed by atoms with van der Waals surface area (Å²) in [6.45, 7) is 4.35. The maximum atomic E-state index is 12.7. The van der Waals surface area contributed by atoms with Crippen LogP contribution in [0, 0.1) is 6.92 Å². The van der Waals surface area contributed by atoms with E-state index in [0.717, 1.165) is 35.5 Å². The topological polar surface area (TPSA) is 69.2 Å². The molecular formula is C24H25ClF3N5O2. The van der Waals surface area contributed by atoms with E-state index in [4.69, 9.17) is 20.8 Å². The van der Waals surface area contributed by atoms with Crippen LogP contribution < -0.4 is 4.90 Å². The molecule has 35 heavy (non-hydrogen) atoms. The van der Waals surface area contributed by atoms with E-state index < -0.39 is 12.8 Å². The molecule has 4 rings (SSSR count). The van der Waals surface area contributed by atoms with Gasteiger partial charge in [0.05, 0.1) is 23.6 Å². The number of fused-ring (bicyclic) bond motifs is 3. The van der Waals surface area contributed by atoms with Crippen molar-refractivity contribution in [3.8, 4) is 11.4 Å². The Labute approximate surface area is 205 Å². The van der Waals surface area contributed by atoms with E-state index in [9.17, 15) is 13.2 Å². The lowest BCUT2D eigenvalue weighted by molar-refractivity contribution is -0.177. The minimum Gasteiger partial charge on any atom is -0.444 e. The number of halogens is 4. The highest BCUT2D eigenvalue weighted by atomic mass is 35.5. The first kappa shape index (κ1) is 25.0. The Balaban J connectivity index is 1.87. The van der Waals surface area contributed by atoms with Crippen LogP contribution in [0.3, 0.4) is 0 Å². The van der Waals surface area contributed by atoms with Gasteiger partial charge in [-0.05, 0) is 38.5 Å². The molecule has 2 aromatic heterocycles. The Morgan fingerprint density at radius 3 is 2.77 bits per heavy atom. The normalized spacial score (nSPS) is 15.3. The standard InChI is InChI=1S/C24H25ClF3N5O2/c1-4-5-6-9-32-19-8-7-17(25)10-18(19)22-31-30-21(13-34-14-24(26,27)28)33(22)11-20(32)16(3)23-29-15(2)12-35-23/h6-10,12H,4-5,11,13-14H2,1-3H3/b9-6+,20-16+. The molecule has 11 heteroatoms. The summed E-state index contributed by atoms with van der Waals surface area (Å²) in [6, 6.07) is 5.43. The van der Waals surface area contributed by atoms with Crippen LogP contribution in [0.25, 0.3) is 17.0 Å². The molecule has 0 saturated heterocycles. The van der Waals surface area contributed by atoms with Crippen molar-refractivity contribution in [1.82, 2.24) is 19.7 Å². The molecule has 0 N–H and O–H groups in total. The summed E-state index contributed by atoms with van der Waals surface area (Å²) in [6.07, 6.45) is 3.01. The number of benzene rings is 1. The number of oxazole rings is 1. The van der Waals surface area contributed by atoms with Gasteiger partial charge in [0.2, 0.25) is 5.89 Å². The van der Waals surface area contributed by atoms with Gasteiger partial charge in [-0.1, -0.05) is 31.0 Å². The van der Waals surface area contributed by atoms with Crippen molar-refractivity contribution in [3.63, 3.8) is 0 Å². The third-order valence-corrected chi connectivity index (χ3v) is 5.70. The van der Waals surface area contributed by atoms with Crippen LogP contribution >= 0.6 is 11.6 Å². The van der Waals surface area contributed by atoms with Gasteiger partial charge in [-0.3, -0.25) is 0 Å². The summed E-state index contributed by atoms with van der Waals surface area (Å²) >= 11 is 6.33. The Morgan fingerprint density at radius 1 is 1.29 bits per heavy atom. The van der Waals surface area contributed by atoms with Gasteiger partial charge in [-0.15, -0.1) is 10.2 Å². The second-order valence-corrected chi connectivity index (χ2v) is 8.64. The van der Waals surface area contributed by atoms with E-state index in [-0.39, 0.29) is 19.0 Å². The number of rotatable bonds is 7. The number of ether oxygens (including phenoxy) is 1. The highest BCUT2D eigenvalue weighted by molar-refractivity contribution is 6.31. The first-order chi connectivity index (χ1) is 16.7. The van der Waals surface area contributed by atoms with Crippen LogP contribution in [-0.4, -0.2) is 32.5 Å². The molecule has 0 bridgehead atoms. The van der Waals surface area contributed by atoms with Crippen LogP contribution in [0.1, 0.15) is 44.1 Å². The van der Waals surface area contributed by atoms with Gasteiger partial charge in [0.25, 0.3) is 0 Å². The van der Waals surface area contributed by atoms with Crippen LogP contribution in [0.4, 0.5) is 18.9 Å². The zero-order chi connectivity index (χ0) is 25.2. The molecule has 0 spiro atoms. The summed E-state index contributed by atoms with van der Waals surface area (Å²) in [4.78, 5) is 6.49. The van der Waals surface area contributed by atoms with Crippen LogP contribution in [-0.2, 0) is 17.9 Å². The number of nitrogens with zero attached hydrogens (tertiary/aromatic N) is 5. The molecule has 0 saturated carbocycles. The van der Waals surface area contributed by atoms with Gasteiger partial charge >= 0.3 is 6.18 Å². The van der Waals surface area contributed by atoms with E-state index in [1.807, 2.05) is 31.0 Å². The van der Waals surface area contributed by atoms with Crippen molar-refractivity contribution >= 4 is 22.9 Å². The summed E-state index contributed by atoms with van der Waals surface area (Å²) in [7, 11) is 0. The van der Waals surface area contributed by atoms with E-state index >= 15 is 0 Å². The second kappa shape index (κ2) is 10.2. The zero-order valence-electron chi connectivity index (χ0n) is 19.6. The predicted octanol–water partition coefficient (Wildman–Crippen LogP) is 6.54. The fraction of sp³-hybridized carbons (Fsp3) is 0.375. The fourth-order valence-corrected chi connectivity index (χ4v) is 3.97. The lowest BCUT2D eigenvalue weighted by Crippen LogP contribution is -2.21.